The quantitative estimate of drug-likeness (QED) is 0.717. The predicted molar refractivity (Wildman–Crippen MR) is 62.5 cm³/mol. The molecule has 2 unspecified atom stereocenters. The number of hydrogen-bond acceptors (Lipinski definition) is 2. The van der Waals surface area contributed by atoms with Gasteiger partial charge < -0.3 is 4.90 Å². The van der Waals surface area contributed by atoms with Crippen LogP contribution in [0.15, 0.2) is 22.8 Å². The van der Waals surface area contributed by atoms with Crippen molar-refractivity contribution in [3.63, 3.8) is 0 Å². The Balaban J connectivity index is 2.23. The summed E-state index contributed by atoms with van der Waals surface area (Å²) in [6.07, 6.45) is 1.27. The lowest BCUT2D eigenvalue weighted by Crippen LogP contribution is -2.29. The van der Waals surface area contributed by atoms with Gasteiger partial charge in [0, 0.05) is 12.6 Å². The van der Waals surface area contributed by atoms with Gasteiger partial charge in [-0.15, -0.1) is 0 Å². The van der Waals surface area contributed by atoms with Gasteiger partial charge in [0.25, 0.3) is 0 Å². The maximum Gasteiger partial charge on any atom is 0.130 e. The molecule has 0 saturated carbocycles. The lowest BCUT2D eigenvalue weighted by Gasteiger charge is -2.24. The van der Waals surface area contributed by atoms with Gasteiger partial charge in [-0.05, 0) is 47.3 Å². The third kappa shape index (κ3) is 1.78. The smallest absolute Gasteiger partial charge is 0.130 e. The number of aromatic nitrogens is 1. The monoisotopic (exact) mass is 254 g/mol. The Labute approximate surface area is 93.5 Å². The third-order valence-corrected chi connectivity index (χ3v) is 3.58. The molecular formula is C11H15BrN2. The van der Waals surface area contributed by atoms with Crippen molar-refractivity contribution in [2.45, 2.75) is 26.3 Å². The number of hydrogen-bond donors (Lipinski definition) is 0. The van der Waals surface area contributed by atoms with Crippen LogP contribution >= 0.6 is 15.9 Å². The molecule has 76 valence electrons. The minimum Gasteiger partial charge on any atom is -0.354 e. The third-order valence-electron chi connectivity index (χ3n) is 3.14. The number of pyridine rings is 1. The van der Waals surface area contributed by atoms with Gasteiger partial charge in [-0.3, -0.25) is 0 Å². The van der Waals surface area contributed by atoms with E-state index < -0.39 is 0 Å². The van der Waals surface area contributed by atoms with E-state index in [-0.39, 0.29) is 0 Å². The molecular weight excluding hydrogens is 240 g/mol. The van der Waals surface area contributed by atoms with Gasteiger partial charge in [0.2, 0.25) is 0 Å². The molecule has 0 aliphatic carbocycles. The van der Waals surface area contributed by atoms with Crippen molar-refractivity contribution in [3.8, 4) is 0 Å². The second-order valence-electron chi connectivity index (χ2n) is 4.02. The SMILES string of the molecule is CC1CCN(c2cccc(Br)n2)C1C. The predicted octanol–water partition coefficient (Wildman–Crippen LogP) is 3.08. The summed E-state index contributed by atoms with van der Waals surface area (Å²) in [6, 6.07) is 6.70. The minimum atomic E-state index is 0.608. The largest absolute Gasteiger partial charge is 0.354 e. The molecule has 1 saturated heterocycles. The highest BCUT2D eigenvalue weighted by Gasteiger charge is 2.27. The highest BCUT2D eigenvalue weighted by molar-refractivity contribution is 9.10. The summed E-state index contributed by atoms with van der Waals surface area (Å²) in [6.45, 7) is 5.72. The fourth-order valence-corrected chi connectivity index (χ4v) is 2.31. The van der Waals surface area contributed by atoms with Gasteiger partial charge in [-0.1, -0.05) is 13.0 Å². The number of anilines is 1. The van der Waals surface area contributed by atoms with Crippen molar-refractivity contribution in [1.82, 2.24) is 4.98 Å². The van der Waals surface area contributed by atoms with Crippen LogP contribution in [0, 0.1) is 5.92 Å². The van der Waals surface area contributed by atoms with Gasteiger partial charge in [0.05, 0.1) is 0 Å². The highest BCUT2D eigenvalue weighted by Crippen LogP contribution is 2.28. The lowest BCUT2D eigenvalue weighted by atomic mass is 10.1. The zero-order valence-corrected chi connectivity index (χ0v) is 10.2. The van der Waals surface area contributed by atoms with Crippen molar-refractivity contribution >= 4 is 21.7 Å². The molecule has 0 radical (unpaired) electrons. The summed E-state index contributed by atoms with van der Waals surface area (Å²) in [5.41, 5.74) is 0. The number of halogens is 1. The Morgan fingerprint density at radius 1 is 1.43 bits per heavy atom. The van der Waals surface area contributed by atoms with Crippen LogP contribution in [-0.2, 0) is 0 Å². The molecule has 2 rings (SSSR count). The molecule has 0 aromatic carbocycles. The lowest BCUT2D eigenvalue weighted by molar-refractivity contribution is 0.544. The van der Waals surface area contributed by atoms with Gasteiger partial charge in [0.15, 0.2) is 0 Å². The standard InChI is InChI=1S/C11H15BrN2/c1-8-6-7-14(9(8)2)11-5-3-4-10(12)13-11/h3-5,8-9H,6-7H2,1-2H3. The van der Waals surface area contributed by atoms with E-state index in [1.165, 1.54) is 6.42 Å². The summed E-state index contributed by atoms with van der Waals surface area (Å²) >= 11 is 3.41. The Morgan fingerprint density at radius 2 is 2.21 bits per heavy atom. The van der Waals surface area contributed by atoms with Crippen molar-refractivity contribution < 1.29 is 0 Å². The van der Waals surface area contributed by atoms with Crippen molar-refractivity contribution in [3.05, 3.63) is 22.8 Å². The van der Waals surface area contributed by atoms with Gasteiger partial charge >= 0.3 is 0 Å². The molecule has 1 fully saturated rings. The first-order chi connectivity index (χ1) is 6.68. The summed E-state index contributed by atoms with van der Waals surface area (Å²) in [5, 5.41) is 0. The molecule has 14 heavy (non-hydrogen) atoms. The Morgan fingerprint density at radius 3 is 2.79 bits per heavy atom. The molecule has 1 aromatic rings. The number of nitrogens with zero attached hydrogens (tertiary/aromatic N) is 2. The normalized spacial score (nSPS) is 26.9. The van der Waals surface area contributed by atoms with Crippen LogP contribution in [0.1, 0.15) is 20.3 Å². The first-order valence-electron chi connectivity index (χ1n) is 5.07. The Kier molecular flexibility index (Phi) is 2.77. The van der Waals surface area contributed by atoms with Crippen molar-refractivity contribution in [2.75, 3.05) is 11.4 Å². The van der Waals surface area contributed by atoms with E-state index in [0.29, 0.717) is 6.04 Å². The summed E-state index contributed by atoms with van der Waals surface area (Å²) in [4.78, 5) is 6.87. The zero-order chi connectivity index (χ0) is 10.1. The van der Waals surface area contributed by atoms with Crippen molar-refractivity contribution in [1.29, 1.82) is 0 Å². The van der Waals surface area contributed by atoms with Crippen LogP contribution in [-0.4, -0.2) is 17.6 Å². The maximum absolute atomic E-state index is 4.48. The molecule has 1 aliphatic heterocycles. The first kappa shape index (κ1) is 9.97. The maximum atomic E-state index is 4.48. The van der Waals surface area contributed by atoms with E-state index in [1.54, 1.807) is 0 Å². The molecule has 1 aliphatic rings. The first-order valence-corrected chi connectivity index (χ1v) is 5.87. The van der Waals surface area contributed by atoms with Crippen LogP contribution in [0.4, 0.5) is 5.82 Å². The molecule has 0 N–H and O–H groups in total. The van der Waals surface area contributed by atoms with Crippen LogP contribution in [0.25, 0.3) is 0 Å². The van der Waals surface area contributed by atoms with Gasteiger partial charge in [0.1, 0.15) is 10.4 Å². The van der Waals surface area contributed by atoms with Crippen molar-refractivity contribution in [2.24, 2.45) is 5.92 Å². The van der Waals surface area contributed by atoms with E-state index in [2.05, 4.69) is 45.7 Å². The molecule has 0 amide bonds. The van der Waals surface area contributed by atoms with Gasteiger partial charge in [-0.2, -0.15) is 0 Å². The van der Waals surface area contributed by atoms with E-state index >= 15 is 0 Å². The average Bonchev–Trinajstić information content (AvgIpc) is 2.48. The van der Waals surface area contributed by atoms with E-state index in [9.17, 15) is 0 Å². The molecule has 2 heterocycles. The summed E-state index contributed by atoms with van der Waals surface area (Å²) in [5.74, 6) is 1.87. The average molecular weight is 255 g/mol. The molecule has 0 spiro atoms. The van der Waals surface area contributed by atoms with Crippen LogP contribution in [0.2, 0.25) is 0 Å². The Bertz CT molecular complexity index is 327. The highest BCUT2D eigenvalue weighted by atomic mass is 79.9. The Hall–Kier alpha value is -0.570. The zero-order valence-electron chi connectivity index (χ0n) is 8.57. The number of rotatable bonds is 1. The van der Waals surface area contributed by atoms with E-state index in [4.69, 9.17) is 0 Å². The second-order valence-corrected chi connectivity index (χ2v) is 4.83. The fourth-order valence-electron chi connectivity index (χ4n) is 1.98. The molecule has 0 bridgehead atoms. The summed E-state index contributed by atoms with van der Waals surface area (Å²) in [7, 11) is 0. The van der Waals surface area contributed by atoms with Crippen LogP contribution in [0.5, 0.6) is 0 Å². The molecule has 3 heteroatoms. The van der Waals surface area contributed by atoms with Crippen LogP contribution in [0.3, 0.4) is 0 Å². The molecule has 2 atom stereocenters. The second kappa shape index (κ2) is 3.89. The van der Waals surface area contributed by atoms with Crippen LogP contribution < -0.4 is 4.90 Å². The molecule has 1 aromatic heterocycles. The van der Waals surface area contributed by atoms with E-state index in [1.807, 2.05) is 12.1 Å². The van der Waals surface area contributed by atoms with Gasteiger partial charge in [-0.25, -0.2) is 4.98 Å². The minimum absolute atomic E-state index is 0.608. The summed E-state index contributed by atoms with van der Waals surface area (Å²) < 4.78 is 0.918. The topological polar surface area (TPSA) is 16.1 Å². The van der Waals surface area contributed by atoms with E-state index in [0.717, 1.165) is 22.9 Å². The fraction of sp³-hybridized carbons (Fsp3) is 0.545. The molecule has 2 nitrogen and oxygen atoms in total.